The number of ether oxygens (including phenoxy) is 2. The lowest BCUT2D eigenvalue weighted by Gasteiger charge is -2.30. The van der Waals surface area contributed by atoms with Crippen LogP contribution in [0.1, 0.15) is 10.4 Å². The Morgan fingerprint density at radius 1 is 1.03 bits per heavy atom. The Morgan fingerprint density at radius 3 is 2.42 bits per heavy atom. The van der Waals surface area contributed by atoms with Crippen LogP contribution in [-0.2, 0) is 9.59 Å². The first-order valence-corrected chi connectivity index (χ1v) is 11.2. The van der Waals surface area contributed by atoms with Crippen LogP contribution in [0.15, 0.2) is 59.9 Å². The van der Waals surface area contributed by atoms with E-state index in [1.165, 1.54) is 21.1 Å². The average molecular weight is 461 g/mol. The fraction of sp³-hybridized carbons (Fsp3) is 0.167. The van der Waals surface area contributed by atoms with Crippen molar-refractivity contribution in [2.75, 3.05) is 36.1 Å². The van der Waals surface area contributed by atoms with Gasteiger partial charge in [-0.25, -0.2) is 4.98 Å². The number of hydrogen-bond donors (Lipinski definition) is 0. The van der Waals surface area contributed by atoms with E-state index in [1.807, 2.05) is 11.4 Å². The summed E-state index contributed by atoms with van der Waals surface area (Å²) in [4.78, 5) is 45.4. The molecule has 2 aromatic carbocycles. The topological polar surface area (TPSA) is 89.0 Å². The lowest BCUT2D eigenvalue weighted by atomic mass is 10.1. The number of nitrogens with zero attached hydrogens (tertiary/aromatic N) is 3. The van der Waals surface area contributed by atoms with Crippen LogP contribution >= 0.6 is 11.3 Å². The molecule has 0 saturated heterocycles. The van der Waals surface area contributed by atoms with E-state index in [0.717, 1.165) is 11.3 Å². The Balaban J connectivity index is 1.45. The lowest BCUT2D eigenvalue weighted by Crippen LogP contribution is -2.42. The molecule has 0 radical (unpaired) electrons. The molecule has 3 aromatic rings. The zero-order chi connectivity index (χ0) is 22.9. The van der Waals surface area contributed by atoms with Gasteiger partial charge in [0.25, 0.3) is 11.8 Å². The summed E-state index contributed by atoms with van der Waals surface area (Å²) in [5.74, 6) is 0.265. The van der Waals surface area contributed by atoms with Gasteiger partial charge in [-0.1, -0.05) is 6.08 Å². The molecular formula is C24H19N3O5S. The molecule has 0 saturated carbocycles. The third-order valence-corrected chi connectivity index (χ3v) is 6.05. The third-order valence-electron chi connectivity index (χ3n) is 5.47. The molecule has 9 heteroatoms. The van der Waals surface area contributed by atoms with E-state index in [0.29, 0.717) is 35.0 Å². The molecule has 0 bridgehead atoms. The number of thiazole rings is 1. The number of benzene rings is 2. The van der Waals surface area contributed by atoms with Gasteiger partial charge in [-0.05, 0) is 36.4 Å². The molecule has 166 valence electrons. The number of aromatic nitrogens is 1. The zero-order valence-corrected chi connectivity index (χ0v) is 18.3. The van der Waals surface area contributed by atoms with Crippen molar-refractivity contribution >= 4 is 40.3 Å². The van der Waals surface area contributed by atoms with Gasteiger partial charge in [-0.2, -0.15) is 0 Å². The van der Waals surface area contributed by atoms with Crippen LogP contribution in [0.25, 0.3) is 11.3 Å². The molecule has 2 aliphatic heterocycles. The third kappa shape index (κ3) is 3.87. The molecular weight excluding hydrogens is 442 g/mol. The number of carbonyl (C=O) groups excluding carboxylic acids is 3. The molecule has 8 nitrogen and oxygen atoms in total. The summed E-state index contributed by atoms with van der Waals surface area (Å²) in [5, 5.41) is 1.91. The number of Topliss-reactive ketones (excluding diaryl/α,β-unsaturated/α-hetero) is 1. The SMILES string of the molecule is C=CCN1C(=O)COc2ccc(C(=O)CN3C(=O)COc4ccc(-c5cscn5)cc43)cc21. The number of ketones is 1. The van der Waals surface area contributed by atoms with Gasteiger partial charge in [0.15, 0.2) is 19.0 Å². The Labute approximate surface area is 193 Å². The molecule has 0 aliphatic carbocycles. The molecule has 5 rings (SSSR count). The summed E-state index contributed by atoms with van der Waals surface area (Å²) in [6.07, 6.45) is 1.62. The molecule has 0 fully saturated rings. The number of anilines is 2. The van der Waals surface area contributed by atoms with Crippen LogP contribution in [0.2, 0.25) is 0 Å². The molecule has 0 N–H and O–H groups in total. The maximum atomic E-state index is 13.2. The largest absolute Gasteiger partial charge is 0.482 e. The molecule has 1 aromatic heterocycles. The van der Waals surface area contributed by atoms with Crippen LogP contribution in [0.3, 0.4) is 0 Å². The van der Waals surface area contributed by atoms with E-state index in [1.54, 1.807) is 41.9 Å². The molecule has 2 amide bonds. The minimum Gasteiger partial charge on any atom is -0.482 e. The van der Waals surface area contributed by atoms with Gasteiger partial charge in [0, 0.05) is 23.1 Å². The highest BCUT2D eigenvalue weighted by atomic mass is 32.1. The van der Waals surface area contributed by atoms with E-state index in [9.17, 15) is 14.4 Å². The zero-order valence-electron chi connectivity index (χ0n) is 17.5. The first-order chi connectivity index (χ1) is 16.0. The average Bonchev–Trinajstić information content (AvgIpc) is 3.37. The number of carbonyl (C=O) groups is 3. The van der Waals surface area contributed by atoms with Gasteiger partial charge in [0.2, 0.25) is 0 Å². The molecule has 0 atom stereocenters. The quantitative estimate of drug-likeness (QED) is 0.413. The fourth-order valence-corrected chi connectivity index (χ4v) is 4.39. The molecule has 0 unspecified atom stereocenters. The summed E-state index contributed by atoms with van der Waals surface area (Å²) in [6, 6.07) is 10.4. The van der Waals surface area contributed by atoms with Gasteiger partial charge in [-0.3, -0.25) is 19.3 Å². The second-order valence-electron chi connectivity index (χ2n) is 7.51. The molecule has 2 aliphatic rings. The Morgan fingerprint density at radius 2 is 1.73 bits per heavy atom. The first-order valence-electron chi connectivity index (χ1n) is 10.2. The van der Waals surface area contributed by atoms with Gasteiger partial charge in [-0.15, -0.1) is 17.9 Å². The van der Waals surface area contributed by atoms with Crippen molar-refractivity contribution in [2.24, 2.45) is 0 Å². The molecule has 0 spiro atoms. The van der Waals surface area contributed by atoms with Crippen LogP contribution in [0.5, 0.6) is 11.5 Å². The molecule has 3 heterocycles. The maximum Gasteiger partial charge on any atom is 0.265 e. The number of rotatable bonds is 6. The highest BCUT2D eigenvalue weighted by Gasteiger charge is 2.30. The second kappa shape index (κ2) is 8.51. The van der Waals surface area contributed by atoms with Crippen LogP contribution in [0.4, 0.5) is 11.4 Å². The van der Waals surface area contributed by atoms with Crippen molar-refractivity contribution in [1.29, 1.82) is 0 Å². The maximum absolute atomic E-state index is 13.2. The summed E-state index contributed by atoms with van der Waals surface area (Å²) >= 11 is 1.47. The van der Waals surface area contributed by atoms with Crippen molar-refractivity contribution in [3.8, 4) is 22.8 Å². The van der Waals surface area contributed by atoms with Gasteiger partial charge < -0.3 is 14.4 Å². The predicted octanol–water partition coefficient (Wildman–Crippen LogP) is 3.33. The number of amides is 2. The summed E-state index contributed by atoms with van der Waals surface area (Å²) < 4.78 is 11.0. The van der Waals surface area contributed by atoms with Gasteiger partial charge >= 0.3 is 0 Å². The standard InChI is InChI=1S/C24H19N3O5S/c1-2-7-26-18-9-16(4-6-21(18)31-11-23(26)29)20(28)10-27-19-8-15(17-13-33-14-25-17)3-5-22(19)32-12-24(27)30/h2-6,8-9,13-14H,1,7,10-12H2. The predicted molar refractivity (Wildman–Crippen MR) is 124 cm³/mol. The van der Waals surface area contributed by atoms with E-state index in [-0.39, 0.29) is 37.4 Å². The number of fused-ring (bicyclic) bond motifs is 2. The second-order valence-corrected chi connectivity index (χ2v) is 8.23. The highest BCUT2D eigenvalue weighted by molar-refractivity contribution is 7.07. The minimum atomic E-state index is -0.309. The lowest BCUT2D eigenvalue weighted by molar-refractivity contribution is -0.121. The normalized spacial score (nSPS) is 14.8. The molecule has 33 heavy (non-hydrogen) atoms. The fourth-order valence-electron chi connectivity index (χ4n) is 3.83. The summed E-state index contributed by atoms with van der Waals surface area (Å²) in [5.41, 5.74) is 4.76. The van der Waals surface area contributed by atoms with E-state index >= 15 is 0 Å². The van der Waals surface area contributed by atoms with Crippen LogP contribution in [-0.4, -0.2) is 48.9 Å². The van der Waals surface area contributed by atoms with Crippen molar-refractivity contribution < 1.29 is 23.9 Å². The van der Waals surface area contributed by atoms with E-state index in [2.05, 4.69) is 11.6 Å². The summed E-state index contributed by atoms with van der Waals surface area (Å²) in [7, 11) is 0. The number of hydrogen-bond acceptors (Lipinski definition) is 7. The van der Waals surface area contributed by atoms with Crippen molar-refractivity contribution in [3.05, 3.63) is 65.5 Å². The van der Waals surface area contributed by atoms with E-state index < -0.39 is 0 Å². The van der Waals surface area contributed by atoms with Crippen LogP contribution in [0, 0.1) is 0 Å². The van der Waals surface area contributed by atoms with E-state index in [4.69, 9.17) is 9.47 Å². The highest BCUT2D eigenvalue weighted by Crippen LogP contribution is 2.37. The Bertz CT molecular complexity index is 1270. The van der Waals surface area contributed by atoms with Crippen molar-refractivity contribution in [2.45, 2.75) is 0 Å². The van der Waals surface area contributed by atoms with Gasteiger partial charge in [0.1, 0.15) is 11.5 Å². The minimum absolute atomic E-state index is 0.0610. The monoisotopic (exact) mass is 461 g/mol. The Kier molecular flexibility index (Phi) is 5.39. The first kappa shape index (κ1) is 20.9. The summed E-state index contributed by atoms with van der Waals surface area (Å²) in [6.45, 7) is 3.63. The van der Waals surface area contributed by atoms with Gasteiger partial charge in [0.05, 0.1) is 29.1 Å². The van der Waals surface area contributed by atoms with Crippen molar-refractivity contribution in [3.63, 3.8) is 0 Å². The Hall–Kier alpha value is -3.98. The van der Waals surface area contributed by atoms with Crippen molar-refractivity contribution in [1.82, 2.24) is 4.98 Å². The smallest absolute Gasteiger partial charge is 0.265 e. The van der Waals surface area contributed by atoms with Crippen LogP contribution < -0.4 is 19.3 Å².